The number of amides is 3. The highest BCUT2D eigenvalue weighted by Gasteiger charge is 2.41. The number of aliphatic imine (C=N–C) groups is 1. The van der Waals surface area contributed by atoms with Gasteiger partial charge in [-0.2, -0.15) is 0 Å². The van der Waals surface area contributed by atoms with Crippen LogP contribution in [0.25, 0.3) is 0 Å². The van der Waals surface area contributed by atoms with E-state index in [1.165, 1.54) is 0 Å². The van der Waals surface area contributed by atoms with Crippen LogP contribution in [-0.2, 0) is 33.8 Å². The van der Waals surface area contributed by atoms with Crippen molar-refractivity contribution in [2.45, 2.75) is 50.7 Å². The molecular formula is C33H39ClN6O3. The molecule has 1 heterocycles. The third-order valence-corrected chi connectivity index (χ3v) is 7.76. The summed E-state index contributed by atoms with van der Waals surface area (Å²) in [6.07, 6.45) is 2.15. The number of rotatable bonds is 13. The van der Waals surface area contributed by atoms with Gasteiger partial charge in [0.05, 0.1) is 6.42 Å². The first-order valence-electron chi connectivity index (χ1n) is 14.5. The fraction of sp³-hybridized carbons (Fsp3) is 0.333. The van der Waals surface area contributed by atoms with E-state index >= 15 is 0 Å². The monoisotopic (exact) mass is 602 g/mol. The van der Waals surface area contributed by atoms with Gasteiger partial charge in [-0.3, -0.25) is 19.4 Å². The molecule has 43 heavy (non-hydrogen) atoms. The van der Waals surface area contributed by atoms with Gasteiger partial charge in [-0.1, -0.05) is 84.4 Å². The number of carbonyl (C=O) groups is 3. The van der Waals surface area contributed by atoms with Crippen molar-refractivity contribution in [1.29, 1.82) is 0 Å². The summed E-state index contributed by atoms with van der Waals surface area (Å²) < 4.78 is 0. The molecule has 1 aliphatic rings. The molecule has 1 aliphatic heterocycles. The molecule has 9 nitrogen and oxygen atoms in total. The minimum atomic E-state index is -0.839. The number of guanidine groups is 1. The Kier molecular flexibility index (Phi) is 11.6. The number of carbonyl (C=O) groups excluding carboxylic acids is 3. The van der Waals surface area contributed by atoms with E-state index in [-0.39, 0.29) is 36.0 Å². The zero-order valence-electron chi connectivity index (χ0n) is 24.1. The molecule has 0 aromatic heterocycles. The molecule has 3 amide bonds. The summed E-state index contributed by atoms with van der Waals surface area (Å²) in [6, 6.07) is 25.2. The third-order valence-electron chi connectivity index (χ3n) is 7.51. The van der Waals surface area contributed by atoms with Crippen molar-refractivity contribution in [2.75, 3.05) is 13.1 Å². The highest BCUT2D eigenvalue weighted by molar-refractivity contribution is 6.30. The highest BCUT2D eigenvalue weighted by atomic mass is 35.5. The average molecular weight is 603 g/mol. The lowest BCUT2D eigenvalue weighted by molar-refractivity contribution is -0.141. The Balaban J connectivity index is 1.51. The minimum Gasteiger partial charge on any atom is -0.370 e. The normalized spacial score (nSPS) is 16.7. The van der Waals surface area contributed by atoms with Crippen molar-refractivity contribution in [1.82, 2.24) is 15.5 Å². The molecule has 6 N–H and O–H groups in total. The molecule has 4 rings (SSSR count). The molecular weight excluding hydrogens is 564 g/mol. The predicted octanol–water partition coefficient (Wildman–Crippen LogP) is 3.20. The molecule has 0 radical (unpaired) electrons. The van der Waals surface area contributed by atoms with Gasteiger partial charge in [0.25, 0.3) is 0 Å². The van der Waals surface area contributed by atoms with E-state index in [0.717, 1.165) is 23.1 Å². The molecule has 10 heteroatoms. The quantitative estimate of drug-likeness (QED) is 0.135. The second-order valence-electron chi connectivity index (χ2n) is 10.9. The molecule has 1 fully saturated rings. The second-order valence-corrected chi connectivity index (χ2v) is 11.3. The summed E-state index contributed by atoms with van der Waals surface area (Å²) in [5.74, 6) is -0.740. The van der Waals surface area contributed by atoms with Crippen LogP contribution < -0.4 is 22.1 Å². The first kappa shape index (κ1) is 31.6. The van der Waals surface area contributed by atoms with Gasteiger partial charge in [0.1, 0.15) is 12.1 Å². The molecule has 1 saturated heterocycles. The summed E-state index contributed by atoms with van der Waals surface area (Å²) in [5, 5.41) is 6.51. The maximum atomic E-state index is 14.1. The van der Waals surface area contributed by atoms with Crippen LogP contribution in [0, 0.1) is 5.92 Å². The summed E-state index contributed by atoms with van der Waals surface area (Å²) >= 11 is 5.99. The van der Waals surface area contributed by atoms with Gasteiger partial charge in [0.15, 0.2) is 5.96 Å². The van der Waals surface area contributed by atoms with E-state index in [4.69, 9.17) is 23.1 Å². The molecule has 0 saturated carbocycles. The van der Waals surface area contributed by atoms with E-state index in [1.54, 1.807) is 29.2 Å². The van der Waals surface area contributed by atoms with Crippen LogP contribution in [-0.4, -0.2) is 53.8 Å². The fourth-order valence-corrected chi connectivity index (χ4v) is 5.53. The number of hydrogen-bond acceptors (Lipinski definition) is 4. The van der Waals surface area contributed by atoms with Gasteiger partial charge in [0, 0.05) is 24.7 Å². The van der Waals surface area contributed by atoms with Crippen LogP contribution in [0.2, 0.25) is 5.02 Å². The minimum absolute atomic E-state index is 0.0342. The Morgan fingerprint density at radius 2 is 1.56 bits per heavy atom. The van der Waals surface area contributed by atoms with Gasteiger partial charge >= 0.3 is 0 Å². The van der Waals surface area contributed by atoms with Gasteiger partial charge in [-0.25, -0.2) is 0 Å². The summed E-state index contributed by atoms with van der Waals surface area (Å²) in [6.45, 7) is 1.09. The van der Waals surface area contributed by atoms with Crippen LogP contribution in [0.5, 0.6) is 0 Å². The van der Waals surface area contributed by atoms with Crippen LogP contribution in [0.15, 0.2) is 89.9 Å². The zero-order chi connectivity index (χ0) is 30.6. The Bertz CT molecular complexity index is 1380. The van der Waals surface area contributed by atoms with E-state index in [0.29, 0.717) is 43.9 Å². The fourth-order valence-electron chi connectivity index (χ4n) is 5.41. The van der Waals surface area contributed by atoms with Crippen LogP contribution in [0.3, 0.4) is 0 Å². The van der Waals surface area contributed by atoms with Gasteiger partial charge in [-0.15, -0.1) is 0 Å². The number of nitrogens with two attached hydrogens (primary N) is 2. The molecule has 3 atom stereocenters. The lowest BCUT2D eigenvalue weighted by Gasteiger charge is -2.29. The Labute approximate surface area is 257 Å². The Hall–Kier alpha value is -4.37. The summed E-state index contributed by atoms with van der Waals surface area (Å²) in [4.78, 5) is 46.4. The first-order chi connectivity index (χ1) is 20.8. The van der Waals surface area contributed by atoms with Crippen molar-refractivity contribution in [2.24, 2.45) is 22.4 Å². The number of hydrogen-bond donors (Lipinski definition) is 4. The average Bonchev–Trinajstić information content (AvgIpc) is 3.43. The zero-order valence-corrected chi connectivity index (χ0v) is 24.9. The predicted molar refractivity (Wildman–Crippen MR) is 169 cm³/mol. The van der Waals surface area contributed by atoms with Crippen molar-refractivity contribution in [3.8, 4) is 0 Å². The molecule has 0 aliphatic carbocycles. The number of nitrogens with one attached hydrogen (secondary N) is 2. The molecule has 0 unspecified atom stereocenters. The molecule has 226 valence electrons. The van der Waals surface area contributed by atoms with E-state index in [2.05, 4.69) is 27.8 Å². The van der Waals surface area contributed by atoms with Crippen molar-refractivity contribution < 1.29 is 14.4 Å². The first-order valence-corrected chi connectivity index (χ1v) is 14.9. The van der Waals surface area contributed by atoms with E-state index in [9.17, 15) is 14.4 Å². The standard InChI is InChI=1S/C33H39ClN6O3/c34-27-15-13-24(14-16-27)20-30(41)39-28(12-7-17-37-33(35)36)32(43)40-22-26(18-23-8-3-1-4-9-23)19-29(40)31(42)38-21-25-10-5-2-6-11-25/h1-6,8-11,13-16,26,28-29H,7,12,17-22H2,(H,38,42)(H,39,41)(H4,35,36,37)/t26-,28+,29+/m1/s1. The second kappa shape index (κ2) is 15.7. The molecule has 0 bridgehead atoms. The smallest absolute Gasteiger partial charge is 0.245 e. The number of nitrogens with zero attached hydrogens (tertiary/aromatic N) is 2. The van der Waals surface area contributed by atoms with E-state index < -0.39 is 12.1 Å². The van der Waals surface area contributed by atoms with Crippen LogP contribution in [0.4, 0.5) is 0 Å². The lowest BCUT2D eigenvalue weighted by atomic mass is 9.96. The number of benzene rings is 3. The summed E-state index contributed by atoms with van der Waals surface area (Å²) in [7, 11) is 0. The van der Waals surface area contributed by atoms with Crippen molar-refractivity contribution in [3.63, 3.8) is 0 Å². The molecule has 3 aromatic carbocycles. The van der Waals surface area contributed by atoms with Gasteiger partial charge in [0.2, 0.25) is 17.7 Å². The Morgan fingerprint density at radius 3 is 2.21 bits per heavy atom. The molecule has 0 spiro atoms. The van der Waals surface area contributed by atoms with E-state index in [1.807, 2.05) is 48.5 Å². The highest BCUT2D eigenvalue weighted by Crippen LogP contribution is 2.28. The maximum Gasteiger partial charge on any atom is 0.245 e. The number of halogens is 1. The van der Waals surface area contributed by atoms with Gasteiger partial charge in [-0.05, 0) is 60.4 Å². The molecule has 3 aromatic rings. The topological polar surface area (TPSA) is 143 Å². The SMILES string of the molecule is NC(N)=NCCC[C@H](NC(=O)Cc1ccc(Cl)cc1)C(=O)N1C[C@H](Cc2ccccc2)C[C@H]1C(=O)NCc1ccccc1. The van der Waals surface area contributed by atoms with Crippen LogP contribution >= 0.6 is 11.6 Å². The van der Waals surface area contributed by atoms with Crippen LogP contribution in [0.1, 0.15) is 36.0 Å². The lowest BCUT2D eigenvalue weighted by Crippen LogP contribution is -2.53. The third kappa shape index (κ3) is 9.85. The summed E-state index contributed by atoms with van der Waals surface area (Å²) in [5.41, 5.74) is 13.8. The maximum absolute atomic E-state index is 14.1. The Morgan fingerprint density at radius 1 is 0.907 bits per heavy atom. The van der Waals surface area contributed by atoms with Crippen molar-refractivity contribution >= 4 is 35.3 Å². The number of likely N-dealkylation sites (tertiary alicyclic amines) is 1. The van der Waals surface area contributed by atoms with Crippen molar-refractivity contribution in [3.05, 3.63) is 107 Å². The van der Waals surface area contributed by atoms with Gasteiger partial charge < -0.3 is 27.0 Å². The largest absolute Gasteiger partial charge is 0.370 e.